The van der Waals surface area contributed by atoms with Gasteiger partial charge in [0.05, 0.1) is 20.8 Å². The van der Waals surface area contributed by atoms with Crippen LogP contribution in [0, 0.1) is 5.92 Å². The molecule has 1 aliphatic rings. The Labute approximate surface area is 191 Å². The van der Waals surface area contributed by atoms with Gasteiger partial charge in [-0.2, -0.15) is 0 Å². The second-order valence-electron chi connectivity index (χ2n) is 8.28. The highest BCUT2D eigenvalue weighted by molar-refractivity contribution is 5.75. The van der Waals surface area contributed by atoms with E-state index in [0.717, 1.165) is 48.9 Å². The molecule has 0 aliphatic carbocycles. The number of carbonyl (C=O) groups is 1. The van der Waals surface area contributed by atoms with Gasteiger partial charge in [0.15, 0.2) is 0 Å². The second kappa shape index (κ2) is 12.3. The van der Waals surface area contributed by atoms with Gasteiger partial charge in [-0.15, -0.1) is 0 Å². The van der Waals surface area contributed by atoms with E-state index >= 15 is 0 Å². The molecule has 0 bridgehead atoms. The lowest BCUT2D eigenvalue weighted by Gasteiger charge is -2.33. The molecule has 0 unspecified atom stereocenters. The van der Waals surface area contributed by atoms with E-state index in [1.807, 2.05) is 37.3 Å². The average Bonchev–Trinajstić information content (AvgIpc) is 2.83. The number of hydrogen-bond donors (Lipinski definition) is 1. The number of carbonyl (C=O) groups excluding carboxylic acids is 1. The molecule has 1 heterocycles. The fourth-order valence-electron chi connectivity index (χ4n) is 4.32. The SMILES string of the molecule is CCOc1ccccc1CN1CCC[C@H](CCC(=O)NCc2ccc(OC)cc2OC)C1. The fourth-order valence-corrected chi connectivity index (χ4v) is 4.32. The van der Waals surface area contributed by atoms with Crippen LogP contribution in [0.4, 0.5) is 0 Å². The first-order valence-corrected chi connectivity index (χ1v) is 11.5. The first-order valence-electron chi connectivity index (χ1n) is 11.5. The lowest BCUT2D eigenvalue weighted by atomic mass is 9.93. The summed E-state index contributed by atoms with van der Waals surface area (Å²) in [6, 6.07) is 13.9. The molecule has 0 spiro atoms. The highest BCUT2D eigenvalue weighted by Crippen LogP contribution is 2.26. The van der Waals surface area contributed by atoms with Crippen LogP contribution in [-0.2, 0) is 17.9 Å². The number of ether oxygens (including phenoxy) is 3. The number of hydrogen-bond acceptors (Lipinski definition) is 5. The van der Waals surface area contributed by atoms with Crippen molar-refractivity contribution in [3.8, 4) is 17.2 Å². The maximum atomic E-state index is 12.5. The first-order chi connectivity index (χ1) is 15.6. The summed E-state index contributed by atoms with van der Waals surface area (Å²) in [4.78, 5) is 15.0. The Morgan fingerprint density at radius 3 is 2.72 bits per heavy atom. The normalized spacial score (nSPS) is 16.4. The molecule has 0 aromatic heterocycles. The van der Waals surface area contributed by atoms with Crippen LogP contribution < -0.4 is 19.5 Å². The molecular weight excluding hydrogens is 404 g/mol. The molecule has 1 atom stereocenters. The number of nitrogens with zero attached hydrogens (tertiary/aromatic N) is 1. The summed E-state index contributed by atoms with van der Waals surface area (Å²) >= 11 is 0. The van der Waals surface area contributed by atoms with E-state index in [9.17, 15) is 4.79 Å². The molecule has 2 aromatic rings. The van der Waals surface area contributed by atoms with Crippen LogP contribution in [0.3, 0.4) is 0 Å². The lowest BCUT2D eigenvalue weighted by Crippen LogP contribution is -2.35. The maximum absolute atomic E-state index is 12.5. The zero-order chi connectivity index (χ0) is 22.8. The van der Waals surface area contributed by atoms with Crippen LogP contribution in [0.5, 0.6) is 17.2 Å². The van der Waals surface area contributed by atoms with Gasteiger partial charge in [0.2, 0.25) is 5.91 Å². The number of likely N-dealkylation sites (tertiary alicyclic amines) is 1. The van der Waals surface area contributed by atoms with Gasteiger partial charge in [0, 0.05) is 43.2 Å². The van der Waals surface area contributed by atoms with Crippen molar-refractivity contribution in [1.29, 1.82) is 0 Å². The minimum atomic E-state index is 0.0849. The molecule has 2 aromatic carbocycles. The number of amides is 1. The van der Waals surface area contributed by atoms with Gasteiger partial charge in [-0.05, 0) is 56.8 Å². The molecule has 6 nitrogen and oxygen atoms in total. The van der Waals surface area contributed by atoms with Crippen molar-refractivity contribution in [1.82, 2.24) is 10.2 Å². The van der Waals surface area contributed by atoms with Crippen molar-refractivity contribution in [2.24, 2.45) is 5.92 Å². The number of methoxy groups -OCH3 is 2. The lowest BCUT2D eigenvalue weighted by molar-refractivity contribution is -0.121. The summed E-state index contributed by atoms with van der Waals surface area (Å²) < 4.78 is 16.4. The third-order valence-corrected chi connectivity index (χ3v) is 6.02. The van der Waals surface area contributed by atoms with E-state index in [1.165, 1.54) is 18.4 Å². The molecule has 3 rings (SSSR count). The van der Waals surface area contributed by atoms with Crippen LogP contribution in [0.1, 0.15) is 43.7 Å². The molecule has 0 saturated carbocycles. The quantitative estimate of drug-likeness (QED) is 0.561. The summed E-state index contributed by atoms with van der Waals surface area (Å²) in [5.74, 6) is 3.07. The Balaban J connectivity index is 1.45. The summed E-state index contributed by atoms with van der Waals surface area (Å²) in [6.45, 7) is 6.17. The summed E-state index contributed by atoms with van der Waals surface area (Å²) in [5.41, 5.74) is 2.18. The number of nitrogens with one attached hydrogen (secondary N) is 1. The first kappa shape index (κ1) is 23.9. The van der Waals surface area contributed by atoms with Crippen molar-refractivity contribution < 1.29 is 19.0 Å². The van der Waals surface area contributed by atoms with Gasteiger partial charge in [0.25, 0.3) is 0 Å². The minimum Gasteiger partial charge on any atom is -0.497 e. The molecule has 1 amide bonds. The van der Waals surface area contributed by atoms with E-state index in [2.05, 4.69) is 22.3 Å². The molecule has 1 aliphatic heterocycles. The van der Waals surface area contributed by atoms with Gasteiger partial charge in [-0.25, -0.2) is 0 Å². The Bertz CT molecular complexity index is 871. The Morgan fingerprint density at radius 2 is 1.94 bits per heavy atom. The molecular formula is C26H36N2O4. The van der Waals surface area contributed by atoms with Gasteiger partial charge in [-0.1, -0.05) is 18.2 Å². The van der Waals surface area contributed by atoms with Crippen molar-refractivity contribution in [2.45, 2.75) is 45.7 Å². The van der Waals surface area contributed by atoms with Crippen LogP contribution >= 0.6 is 0 Å². The van der Waals surface area contributed by atoms with E-state index in [0.29, 0.717) is 25.5 Å². The zero-order valence-electron chi connectivity index (χ0n) is 19.6. The monoisotopic (exact) mass is 440 g/mol. The Kier molecular flexibility index (Phi) is 9.23. The third kappa shape index (κ3) is 6.89. The molecule has 32 heavy (non-hydrogen) atoms. The Morgan fingerprint density at radius 1 is 1.09 bits per heavy atom. The highest BCUT2D eigenvalue weighted by Gasteiger charge is 2.21. The van der Waals surface area contributed by atoms with Crippen molar-refractivity contribution >= 4 is 5.91 Å². The smallest absolute Gasteiger partial charge is 0.220 e. The highest BCUT2D eigenvalue weighted by atomic mass is 16.5. The summed E-state index contributed by atoms with van der Waals surface area (Å²) in [7, 11) is 3.25. The van der Waals surface area contributed by atoms with Gasteiger partial charge in [-0.3, -0.25) is 9.69 Å². The second-order valence-corrected chi connectivity index (χ2v) is 8.28. The fraction of sp³-hybridized carbons (Fsp3) is 0.500. The summed E-state index contributed by atoms with van der Waals surface area (Å²) in [6.07, 6.45) is 3.82. The van der Waals surface area contributed by atoms with Crippen molar-refractivity contribution in [3.63, 3.8) is 0 Å². The van der Waals surface area contributed by atoms with E-state index in [4.69, 9.17) is 14.2 Å². The number of rotatable bonds is 11. The van der Waals surface area contributed by atoms with Gasteiger partial charge in [0.1, 0.15) is 17.2 Å². The molecule has 1 fully saturated rings. The maximum Gasteiger partial charge on any atom is 0.220 e. The molecule has 6 heteroatoms. The standard InChI is InChI=1S/C26H36N2O4/c1-4-32-24-10-6-5-9-22(24)19-28-15-7-8-20(18-28)11-14-26(29)27-17-21-12-13-23(30-2)16-25(21)31-3/h5-6,9-10,12-13,16,20H,4,7-8,11,14-15,17-19H2,1-3H3,(H,27,29)/t20-/m1/s1. The molecule has 0 radical (unpaired) electrons. The largest absolute Gasteiger partial charge is 0.497 e. The minimum absolute atomic E-state index is 0.0849. The predicted octanol–water partition coefficient (Wildman–Crippen LogP) is 4.41. The zero-order valence-corrected chi connectivity index (χ0v) is 19.6. The predicted molar refractivity (Wildman–Crippen MR) is 126 cm³/mol. The van der Waals surface area contributed by atoms with E-state index < -0.39 is 0 Å². The summed E-state index contributed by atoms with van der Waals surface area (Å²) in [5, 5.41) is 3.03. The molecule has 1 saturated heterocycles. The van der Waals surface area contributed by atoms with E-state index in [-0.39, 0.29) is 5.91 Å². The average molecular weight is 441 g/mol. The van der Waals surface area contributed by atoms with Crippen molar-refractivity contribution in [2.75, 3.05) is 33.9 Å². The van der Waals surface area contributed by atoms with Crippen LogP contribution in [0.2, 0.25) is 0 Å². The van der Waals surface area contributed by atoms with Gasteiger partial charge < -0.3 is 19.5 Å². The number of piperidine rings is 1. The number of para-hydroxylation sites is 1. The topological polar surface area (TPSA) is 60.0 Å². The molecule has 1 N–H and O–H groups in total. The van der Waals surface area contributed by atoms with Crippen molar-refractivity contribution in [3.05, 3.63) is 53.6 Å². The molecule has 174 valence electrons. The number of benzene rings is 2. The van der Waals surface area contributed by atoms with Crippen LogP contribution in [0.15, 0.2) is 42.5 Å². The van der Waals surface area contributed by atoms with E-state index in [1.54, 1.807) is 14.2 Å². The van der Waals surface area contributed by atoms with Crippen LogP contribution in [-0.4, -0.2) is 44.7 Å². The van der Waals surface area contributed by atoms with Gasteiger partial charge >= 0.3 is 0 Å². The third-order valence-electron chi connectivity index (χ3n) is 6.02. The van der Waals surface area contributed by atoms with Crippen LogP contribution in [0.25, 0.3) is 0 Å². The Hall–Kier alpha value is -2.73.